The molecule has 0 radical (unpaired) electrons. The molecule has 0 fully saturated rings. The number of hydrogen-bond acceptors (Lipinski definition) is 3. The third-order valence-electron chi connectivity index (χ3n) is 2.90. The molecule has 0 atom stereocenters. The van der Waals surface area contributed by atoms with Gasteiger partial charge in [0.2, 0.25) is 0 Å². The highest BCUT2D eigenvalue weighted by molar-refractivity contribution is 5.39. The van der Waals surface area contributed by atoms with E-state index in [1.54, 1.807) is 0 Å². The van der Waals surface area contributed by atoms with Crippen LogP contribution in [0.5, 0.6) is 5.75 Å². The molecule has 0 aromatic heterocycles. The summed E-state index contributed by atoms with van der Waals surface area (Å²) >= 11 is 0. The summed E-state index contributed by atoms with van der Waals surface area (Å²) in [6.07, 6.45) is 3.19. The maximum absolute atomic E-state index is 5.48. The molecular weight excluding hydrogens is 200 g/mol. The van der Waals surface area contributed by atoms with Gasteiger partial charge in [-0.25, -0.2) is 0 Å². The predicted molar refractivity (Wildman–Crippen MR) is 65.9 cm³/mol. The standard InChI is InChI=1S/C13H20N2O/c14-6-1-7-15-8-4-11-2-3-13-12(10-11)5-9-16-13/h2-3,10,15H,1,4-9,14H2. The molecule has 0 saturated carbocycles. The molecule has 0 spiro atoms. The van der Waals surface area contributed by atoms with Crippen molar-refractivity contribution >= 4 is 0 Å². The topological polar surface area (TPSA) is 47.3 Å². The van der Waals surface area contributed by atoms with E-state index in [4.69, 9.17) is 10.5 Å². The highest BCUT2D eigenvalue weighted by Crippen LogP contribution is 2.25. The van der Waals surface area contributed by atoms with E-state index in [1.807, 2.05) is 0 Å². The number of fused-ring (bicyclic) bond motifs is 1. The summed E-state index contributed by atoms with van der Waals surface area (Å²) in [6, 6.07) is 6.53. The van der Waals surface area contributed by atoms with Gasteiger partial charge in [-0.1, -0.05) is 12.1 Å². The van der Waals surface area contributed by atoms with Gasteiger partial charge in [0.25, 0.3) is 0 Å². The van der Waals surface area contributed by atoms with Gasteiger partial charge in [0.05, 0.1) is 6.61 Å². The zero-order valence-corrected chi connectivity index (χ0v) is 9.67. The molecule has 16 heavy (non-hydrogen) atoms. The summed E-state index contributed by atoms with van der Waals surface area (Å²) in [6.45, 7) is 3.65. The largest absolute Gasteiger partial charge is 0.493 e. The van der Waals surface area contributed by atoms with Crippen molar-refractivity contribution in [1.29, 1.82) is 0 Å². The lowest BCUT2D eigenvalue weighted by Crippen LogP contribution is -2.20. The van der Waals surface area contributed by atoms with Crippen molar-refractivity contribution in [3.8, 4) is 5.75 Å². The lowest BCUT2D eigenvalue weighted by molar-refractivity contribution is 0.357. The van der Waals surface area contributed by atoms with Gasteiger partial charge in [0, 0.05) is 6.42 Å². The molecule has 1 aromatic rings. The molecule has 0 aliphatic carbocycles. The van der Waals surface area contributed by atoms with E-state index in [0.717, 1.165) is 51.3 Å². The Bertz CT molecular complexity index is 339. The second-order valence-electron chi connectivity index (χ2n) is 4.18. The summed E-state index contributed by atoms with van der Waals surface area (Å²) in [4.78, 5) is 0. The highest BCUT2D eigenvalue weighted by atomic mass is 16.5. The van der Waals surface area contributed by atoms with Crippen LogP contribution in [-0.4, -0.2) is 26.2 Å². The van der Waals surface area contributed by atoms with Crippen molar-refractivity contribution in [2.45, 2.75) is 19.3 Å². The van der Waals surface area contributed by atoms with E-state index in [9.17, 15) is 0 Å². The van der Waals surface area contributed by atoms with Gasteiger partial charge in [0.1, 0.15) is 5.75 Å². The monoisotopic (exact) mass is 220 g/mol. The second-order valence-corrected chi connectivity index (χ2v) is 4.18. The van der Waals surface area contributed by atoms with Crippen molar-refractivity contribution in [1.82, 2.24) is 5.32 Å². The molecule has 3 heteroatoms. The van der Waals surface area contributed by atoms with Gasteiger partial charge in [-0.05, 0) is 49.7 Å². The maximum Gasteiger partial charge on any atom is 0.122 e. The Morgan fingerprint density at radius 3 is 3.12 bits per heavy atom. The van der Waals surface area contributed by atoms with E-state index in [0.29, 0.717) is 0 Å². The average Bonchev–Trinajstić information content (AvgIpc) is 2.76. The van der Waals surface area contributed by atoms with Crippen molar-refractivity contribution in [3.05, 3.63) is 29.3 Å². The third kappa shape index (κ3) is 2.97. The molecule has 3 nitrogen and oxygen atoms in total. The number of benzene rings is 1. The summed E-state index contributed by atoms with van der Waals surface area (Å²) in [7, 11) is 0. The third-order valence-corrected chi connectivity index (χ3v) is 2.90. The van der Waals surface area contributed by atoms with Gasteiger partial charge in [-0.15, -0.1) is 0 Å². The van der Waals surface area contributed by atoms with Gasteiger partial charge < -0.3 is 15.8 Å². The van der Waals surface area contributed by atoms with Gasteiger partial charge in [0.15, 0.2) is 0 Å². The molecule has 0 amide bonds. The van der Waals surface area contributed by atoms with E-state index in [1.165, 1.54) is 11.1 Å². The van der Waals surface area contributed by atoms with Gasteiger partial charge in [-0.3, -0.25) is 0 Å². The number of nitrogens with one attached hydrogen (secondary N) is 1. The van der Waals surface area contributed by atoms with Gasteiger partial charge >= 0.3 is 0 Å². The number of rotatable bonds is 6. The molecule has 0 unspecified atom stereocenters. The number of hydrogen-bond donors (Lipinski definition) is 2. The summed E-state index contributed by atoms with van der Waals surface area (Å²) in [5, 5.41) is 3.39. The van der Waals surface area contributed by atoms with Gasteiger partial charge in [-0.2, -0.15) is 0 Å². The number of nitrogens with two attached hydrogens (primary N) is 1. The Labute approximate surface area is 97.0 Å². The van der Waals surface area contributed by atoms with Crippen LogP contribution in [0.1, 0.15) is 17.5 Å². The van der Waals surface area contributed by atoms with E-state index in [2.05, 4.69) is 23.5 Å². The first-order chi connectivity index (χ1) is 7.90. The quantitative estimate of drug-likeness (QED) is 0.706. The van der Waals surface area contributed by atoms with Crippen LogP contribution < -0.4 is 15.8 Å². The summed E-state index contributed by atoms with van der Waals surface area (Å²) in [5.74, 6) is 1.07. The SMILES string of the molecule is NCCCNCCc1ccc2c(c1)CCO2. The highest BCUT2D eigenvalue weighted by Gasteiger charge is 2.11. The van der Waals surface area contributed by atoms with Crippen LogP contribution in [0.2, 0.25) is 0 Å². The van der Waals surface area contributed by atoms with Crippen LogP contribution in [0.3, 0.4) is 0 Å². The molecular formula is C13H20N2O. The predicted octanol–water partition coefficient (Wildman–Crippen LogP) is 1.10. The molecule has 1 aliphatic heterocycles. The molecule has 0 saturated heterocycles. The maximum atomic E-state index is 5.48. The normalized spacial score (nSPS) is 13.6. The second kappa shape index (κ2) is 5.87. The molecule has 1 aliphatic rings. The van der Waals surface area contributed by atoms with Crippen LogP contribution >= 0.6 is 0 Å². The average molecular weight is 220 g/mol. The zero-order chi connectivity index (χ0) is 11.2. The van der Waals surface area contributed by atoms with Crippen molar-refractivity contribution in [3.63, 3.8) is 0 Å². The Morgan fingerprint density at radius 2 is 2.25 bits per heavy atom. The Balaban J connectivity index is 1.77. The summed E-state index contributed by atoms with van der Waals surface area (Å²) < 4.78 is 5.48. The van der Waals surface area contributed by atoms with Crippen LogP contribution in [0.15, 0.2) is 18.2 Å². The van der Waals surface area contributed by atoms with Crippen LogP contribution in [0.4, 0.5) is 0 Å². The number of ether oxygens (including phenoxy) is 1. The smallest absolute Gasteiger partial charge is 0.122 e. The van der Waals surface area contributed by atoms with Crippen molar-refractivity contribution in [2.24, 2.45) is 5.73 Å². The lowest BCUT2D eigenvalue weighted by atomic mass is 10.1. The summed E-state index contributed by atoms with van der Waals surface area (Å²) in [5.41, 5.74) is 8.18. The fourth-order valence-electron chi connectivity index (χ4n) is 1.98. The first-order valence-corrected chi connectivity index (χ1v) is 6.05. The van der Waals surface area contributed by atoms with E-state index < -0.39 is 0 Å². The van der Waals surface area contributed by atoms with Crippen molar-refractivity contribution < 1.29 is 4.74 Å². The van der Waals surface area contributed by atoms with E-state index in [-0.39, 0.29) is 0 Å². The minimum atomic E-state index is 0.767. The minimum absolute atomic E-state index is 0.767. The molecule has 0 bridgehead atoms. The van der Waals surface area contributed by atoms with Crippen LogP contribution in [-0.2, 0) is 12.8 Å². The molecule has 3 N–H and O–H groups in total. The molecule has 1 heterocycles. The Hall–Kier alpha value is -1.06. The minimum Gasteiger partial charge on any atom is -0.493 e. The molecule has 2 rings (SSSR count). The fourth-order valence-corrected chi connectivity index (χ4v) is 1.98. The van der Waals surface area contributed by atoms with E-state index >= 15 is 0 Å². The van der Waals surface area contributed by atoms with Crippen LogP contribution in [0, 0.1) is 0 Å². The lowest BCUT2D eigenvalue weighted by Gasteiger charge is -2.05. The first kappa shape index (κ1) is 11.4. The first-order valence-electron chi connectivity index (χ1n) is 6.05. The van der Waals surface area contributed by atoms with Crippen molar-refractivity contribution in [2.75, 3.05) is 26.2 Å². The van der Waals surface area contributed by atoms with Crippen LogP contribution in [0.25, 0.3) is 0 Å². The zero-order valence-electron chi connectivity index (χ0n) is 9.67. The Kier molecular flexibility index (Phi) is 4.19. The molecule has 88 valence electrons. The molecule has 1 aromatic carbocycles. The Morgan fingerprint density at radius 1 is 1.31 bits per heavy atom. The fraction of sp³-hybridized carbons (Fsp3) is 0.538.